The van der Waals surface area contributed by atoms with Crippen molar-refractivity contribution in [3.8, 4) is 0 Å². The van der Waals surface area contributed by atoms with E-state index in [0.717, 1.165) is 40.9 Å². The lowest BCUT2D eigenvalue weighted by molar-refractivity contribution is -0.858. The van der Waals surface area contributed by atoms with Gasteiger partial charge in [0, 0.05) is 24.3 Å². The Balaban J connectivity index is 3.70. The molecule has 0 aliphatic heterocycles. The fourth-order valence-corrected chi connectivity index (χ4v) is 6.67. The van der Waals surface area contributed by atoms with Crippen LogP contribution in [0.5, 0.6) is 0 Å². The van der Waals surface area contributed by atoms with Crippen molar-refractivity contribution in [2.75, 3.05) is 32.1 Å². The van der Waals surface area contributed by atoms with Crippen molar-refractivity contribution < 1.29 is 34.3 Å². The Morgan fingerprint density at radius 1 is 0.585 bits per heavy atom. The number of carbonyl (C=O) groups is 4. The largest absolute Gasteiger partial charge is 0.548 e. The molecule has 0 saturated heterocycles. The highest BCUT2D eigenvalue weighted by atomic mass is 33.1. The molecule has 0 aromatic heterocycles. The van der Waals surface area contributed by atoms with Crippen LogP contribution in [0.15, 0.2) is 0 Å². The lowest BCUT2D eigenvalue weighted by Crippen LogP contribution is -3.05. The zero-order valence-corrected chi connectivity index (χ0v) is 27.4. The third-order valence-corrected chi connectivity index (χ3v) is 9.37. The van der Waals surface area contributed by atoms with Crippen LogP contribution in [0, 0.1) is 0 Å². The quantitative estimate of drug-likeness (QED) is 0.0854. The molecule has 0 fully saturated rings. The van der Waals surface area contributed by atoms with Crippen molar-refractivity contribution >= 4 is 45.3 Å². The fourth-order valence-electron chi connectivity index (χ4n) is 4.37. The highest BCUT2D eigenvalue weighted by molar-refractivity contribution is 8.76. The smallest absolute Gasteiger partial charge is 0.220 e. The molecule has 0 rings (SSSR count). The van der Waals surface area contributed by atoms with Gasteiger partial charge in [-0.1, -0.05) is 112 Å². The first-order valence-electron chi connectivity index (χ1n) is 15.7. The summed E-state index contributed by atoms with van der Waals surface area (Å²) < 4.78 is 0. The number of carboxylic acids is 2. The van der Waals surface area contributed by atoms with E-state index in [1.54, 1.807) is 11.8 Å². The Labute approximate surface area is 256 Å². The number of carboxylic acid groups (broad SMARTS) is 2. The molecule has 3 N–H and O–H groups in total. The van der Waals surface area contributed by atoms with E-state index in [1.165, 1.54) is 83.6 Å². The van der Waals surface area contributed by atoms with Crippen LogP contribution in [-0.2, 0) is 19.2 Å². The van der Waals surface area contributed by atoms with Crippen LogP contribution in [0.1, 0.15) is 122 Å². The zero-order valence-electron chi connectivity index (χ0n) is 25.8. The molecule has 9 nitrogen and oxygen atoms in total. The van der Waals surface area contributed by atoms with Gasteiger partial charge in [-0.3, -0.25) is 9.59 Å². The lowest BCUT2D eigenvalue weighted by atomic mass is 10.0. The maximum Gasteiger partial charge on any atom is 0.220 e. The summed E-state index contributed by atoms with van der Waals surface area (Å²) in [4.78, 5) is 47.6. The van der Waals surface area contributed by atoms with Crippen molar-refractivity contribution in [1.29, 1.82) is 0 Å². The van der Waals surface area contributed by atoms with Gasteiger partial charge in [0.05, 0.1) is 44.7 Å². The van der Waals surface area contributed by atoms with Crippen LogP contribution in [0.3, 0.4) is 0 Å². The summed E-state index contributed by atoms with van der Waals surface area (Å²) >= 11 is 0. The van der Waals surface area contributed by atoms with Crippen molar-refractivity contribution in [1.82, 2.24) is 10.6 Å². The molecule has 0 spiro atoms. The summed E-state index contributed by atoms with van der Waals surface area (Å²) in [5, 5.41) is 27.4. The molecular weight excluding hydrogens is 562 g/mol. The van der Waals surface area contributed by atoms with Gasteiger partial charge >= 0.3 is 0 Å². The topological polar surface area (TPSA) is 143 Å². The number of rotatable bonds is 29. The Morgan fingerprint density at radius 3 is 1.27 bits per heavy atom. The molecule has 0 aromatic rings. The number of quaternary nitrogens is 1. The van der Waals surface area contributed by atoms with Gasteiger partial charge < -0.3 is 35.3 Å². The van der Waals surface area contributed by atoms with Gasteiger partial charge in [-0.05, 0) is 19.3 Å². The minimum atomic E-state index is -1.40. The normalized spacial score (nSPS) is 12.7. The summed E-state index contributed by atoms with van der Waals surface area (Å²) in [5.74, 6) is -3.46. The summed E-state index contributed by atoms with van der Waals surface area (Å²) in [6.07, 6.45) is 20.4. The van der Waals surface area contributed by atoms with Gasteiger partial charge in [0.15, 0.2) is 0 Å². The average Bonchev–Trinajstić information content (AvgIpc) is 2.92. The molecule has 0 aliphatic rings. The number of unbranched alkanes of at least 4 members (excludes halogenated alkanes) is 15. The average molecular weight is 619 g/mol. The van der Waals surface area contributed by atoms with E-state index in [4.69, 9.17) is 0 Å². The molecule has 0 aromatic carbocycles. The highest BCUT2D eigenvalue weighted by Crippen LogP contribution is 2.23. The van der Waals surface area contributed by atoms with Crippen LogP contribution in [-0.4, -0.2) is 68.0 Å². The Hall–Kier alpha value is -1.46. The van der Waals surface area contributed by atoms with E-state index in [9.17, 15) is 29.4 Å². The molecule has 0 aliphatic carbocycles. The summed E-state index contributed by atoms with van der Waals surface area (Å²) in [6, 6.07) is -2.32. The van der Waals surface area contributed by atoms with Crippen molar-refractivity contribution in [2.24, 2.45) is 0 Å². The van der Waals surface area contributed by atoms with Crippen LogP contribution in [0.25, 0.3) is 0 Å². The number of carbonyl (C=O) groups excluding carboxylic acids is 4. The third-order valence-electron chi connectivity index (χ3n) is 6.94. The first kappa shape index (κ1) is 39.5. The first-order valence-corrected chi connectivity index (χ1v) is 18.2. The van der Waals surface area contributed by atoms with Gasteiger partial charge in [-0.25, -0.2) is 0 Å². The van der Waals surface area contributed by atoms with E-state index < -0.39 is 29.9 Å². The van der Waals surface area contributed by atoms with Crippen LogP contribution in [0.2, 0.25) is 0 Å². The maximum atomic E-state index is 12.2. The predicted octanol–water partition coefficient (Wildman–Crippen LogP) is 2.02. The van der Waals surface area contributed by atoms with Gasteiger partial charge in [0.25, 0.3) is 0 Å². The maximum absolute atomic E-state index is 12.2. The first-order chi connectivity index (χ1) is 19.7. The number of hydrogen-bond donors (Lipinski definition) is 3. The molecule has 41 heavy (non-hydrogen) atoms. The molecule has 11 heteroatoms. The standard InChI is InChI=1S/C30H57N3O6S2/c1-4-27(34)31-25(29(36)37)23-40-41-24-26(30(38)39)32-28(35)21-19-17-15-13-11-9-7-5-6-8-10-12-14-16-18-20-22-33(2)3/h25-26H,4-24H2,1-3H3,(H,31,34)(H,32,35)(H,36,37)(H,38,39)/p-1. The molecule has 2 amide bonds. The number of amides is 2. The fraction of sp³-hybridized carbons (Fsp3) is 0.867. The Kier molecular flexibility index (Phi) is 26.4. The van der Waals surface area contributed by atoms with Gasteiger partial charge in [0.2, 0.25) is 11.8 Å². The van der Waals surface area contributed by atoms with Gasteiger partial charge in [-0.15, -0.1) is 0 Å². The molecule has 2 unspecified atom stereocenters. The molecule has 240 valence electrons. The Bertz CT molecular complexity index is 712. The monoisotopic (exact) mass is 618 g/mol. The minimum absolute atomic E-state index is 0.0187. The number of hydrogen-bond acceptors (Lipinski definition) is 8. The number of aliphatic carboxylic acids is 2. The Morgan fingerprint density at radius 2 is 0.927 bits per heavy atom. The van der Waals surface area contributed by atoms with E-state index in [2.05, 4.69) is 24.7 Å². The number of nitrogens with one attached hydrogen (secondary N) is 3. The van der Waals surface area contributed by atoms with Crippen LogP contribution >= 0.6 is 21.6 Å². The summed E-state index contributed by atoms with van der Waals surface area (Å²) in [6.45, 7) is 2.89. The molecular formula is C30H56N3O6S2-. The summed E-state index contributed by atoms with van der Waals surface area (Å²) in [5.41, 5.74) is 0. The molecule has 0 radical (unpaired) electrons. The van der Waals surface area contributed by atoms with E-state index in [0.29, 0.717) is 6.42 Å². The van der Waals surface area contributed by atoms with Crippen LogP contribution in [0.4, 0.5) is 0 Å². The third kappa shape index (κ3) is 25.9. The second-order valence-electron chi connectivity index (χ2n) is 11.2. The predicted molar refractivity (Wildman–Crippen MR) is 165 cm³/mol. The molecule has 0 saturated carbocycles. The highest BCUT2D eigenvalue weighted by Gasteiger charge is 2.16. The summed E-state index contributed by atoms with van der Waals surface area (Å²) in [7, 11) is 6.63. The van der Waals surface area contributed by atoms with Gasteiger partial charge in [-0.2, -0.15) is 0 Å². The second kappa shape index (κ2) is 27.4. The zero-order chi connectivity index (χ0) is 30.7. The SMILES string of the molecule is CCC(=O)NC(CSSCC(NC(=O)CCCCCCCCCCCCCCCCCC[NH+](C)C)C(=O)[O-])C(=O)[O-]. The van der Waals surface area contributed by atoms with E-state index >= 15 is 0 Å². The van der Waals surface area contributed by atoms with E-state index in [-0.39, 0.29) is 30.3 Å². The van der Waals surface area contributed by atoms with Crippen molar-refractivity contribution in [3.63, 3.8) is 0 Å². The van der Waals surface area contributed by atoms with Crippen molar-refractivity contribution in [3.05, 3.63) is 0 Å². The molecule has 2 atom stereocenters. The van der Waals surface area contributed by atoms with Crippen molar-refractivity contribution in [2.45, 2.75) is 135 Å². The lowest BCUT2D eigenvalue weighted by Gasteiger charge is -2.21. The second-order valence-corrected chi connectivity index (χ2v) is 13.7. The van der Waals surface area contributed by atoms with Gasteiger partial charge in [0.1, 0.15) is 0 Å². The molecule has 0 bridgehead atoms. The van der Waals surface area contributed by atoms with E-state index in [1.807, 2.05) is 0 Å². The minimum Gasteiger partial charge on any atom is -0.548 e. The van der Waals surface area contributed by atoms with Crippen LogP contribution < -0.4 is 25.7 Å². The molecule has 0 heterocycles.